The number of hydrogen-bond acceptors (Lipinski definition) is 2. The molecule has 0 amide bonds. The average Bonchev–Trinajstić information content (AvgIpc) is 2.50. The van der Waals surface area contributed by atoms with Gasteiger partial charge in [-0.3, -0.25) is 4.99 Å². The van der Waals surface area contributed by atoms with E-state index in [0.29, 0.717) is 13.2 Å². The van der Waals surface area contributed by atoms with Crippen LogP contribution in [0.15, 0.2) is 17.1 Å². The van der Waals surface area contributed by atoms with Crippen molar-refractivity contribution in [2.24, 2.45) is 16.5 Å². The van der Waals surface area contributed by atoms with Gasteiger partial charge in [-0.1, -0.05) is 53.2 Å². The summed E-state index contributed by atoms with van der Waals surface area (Å²) in [6, 6.07) is 4.64. The third kappa shape index (κ3) is 6.42. The number of aryl methyl sites for hydroxylation is 2. The van der Waals surface area contributed by atoms with Gasteiger partial charge in [0.2, 0.25) is 0 Å². The minimum atomic E-state index is 0.158. The number of ether oxygens (including phenoxy) is 1. The van der Waals surface area contributed by atoms with Crippen molar-refractivity contribution in [3.8, 4) is 5.75 Å². The van der Waals surface area contributed by atoms with Gasteiger partial charge in [-0.2, -0.15) is 0 Å². The van der Waals surface area contributed by atoms with Crippen molar-refractivity contribution in [2.45, 2.75) is 72.1 Å². The summed E-state index contributed by atoms with van der Waals surface area (Å²) in [6.07, 6.45) is 5.05. The first kappa shape index (κ1) is 20.3. The van der Waals surface area contributed by atoms with E-state index in [9.17, 15) is 0 Å². The van der Waals surface area contributed by atoms with Gasteiger partial charge in [0.25, 0.3) is 0 Å². The molecule has 0 atom stereocenters. The monoisotopic (exact) mass is 333 g/mol. The summed E-state index contributed by atoms with van der Waals surface area (Å²) in [5.74, 6) is 1.25. The van der Waals surface area contributed by atoms with Gasteiger partial charge in [-0.15, -0.1) is 0 Å². The molecule has 0 spiro atoms. The number of hydrogen-bond donors (Lipinski definition) is 2. The van der Waals surface area contributed by atoms with E-state index in [4.69, 9.17) is 16.2 Å². The highest BCUT2D eigenvalue weighted by Crippen LogP contribution is 2.33. The SMILES string of the molecule is CCCc1cc(C(C)(C)C)cc(CC)c1OCCCCN=C(N)N. The molecule has 0 saturated carbocycles. The molecule has 0 aliphatic carbocycles. The first-order valence-corrected chi connectivity index (χ1v) is 9.14. The molecule has 1 aromatic carbocycles. The number of guanidine groups is 1. The van der Waals surface area contributed by atoms with E-state index in [-0.39, 0.29) is 11.4 Å². The van der Waals surface area contributed by atoms with Crippen LogP contribution >= 0.6 is 0 Å². The van der Waals surface area contributed by atoms with E-state index in [1.807, 2.05) is 0 Å². The second-order valence-electron chi connectivity index (χ2n) is 7.34. The number of nitrogens with two attached hydrogens (primary N) is 2. The van der Waals surface area contributed by atoms with E-state index < -0.39 is 0 Å². The Morgan fingerprint density at radius 1 is 1.08 bits per heavy atom. The lowest BCUT2D eigenvalue weighted by atomic mass is 9.84. The van der Waals surface area contributed by atoms with Crippen LogP contribution in [-0.4, -0.2) is 19.1 Å². The van der Waals surface area contributed by atoms with E-state index in [0.717, 1.165) is 37.9 Å². The van der Waals surface area contributed by atoms with Crippen LogP contribution in [0.1, 0.15) is 70.6 Å². The molecule has 4 heteroatoms. The van der Waals surface area contributed by atoms with Crippen molar-refractivity contribution in [3.63, 3.8) is 0 Å². The Hall–Kier alpha value is -1.71. The smallest absolute Gasteiger partial charge is 0.185 e. The topological polar surface area (TPSA) is 73.6 Å². The molecule has 4 nitrogen and oxygen atoms in total. The van der Waals surface area contributed by atoms with Gasteiger partial charge in [0.1, 0.15) is 5.75 Å². The van der Waals surface area contributed by atoms with Crippen molar-refractivity contribution >= 4 is 5.96 Å². The Balaban J connectivity index is 2.85. The first-order chi connectivity index (χ1) is 11.3. The highest BCUT2D eigenvalue weighted by Gasteiger charge is 2.18. The zero-order chi connectivity index (χ0) is 18.2. The summed E-state index contributed by atoms with van der Waals surface area (Å²) in [4.78, 5) is 4.01. The molecule has 0 aromatic heterocycles. The first-order valence-electron chi connectivity index (χ1n) is 9.14. The summed E-state index contributed by atoms with van der Waals surface area (Å²) in [6.45, 7) is 12.6. The standard InChI is InChI=1S/C20H35N3O/c1-6-10-16-14-17(20(3,4)5)13-15(7-2)18(16)24-12-9-8-11-23-19(21)22/h13-14H,6-12H2,1-5H3,(H4,21,22,23). The fraction of sp³-hybridized carbons (Fsp3) is 0.650. The van der Waals surface area contributed by atoms with Crippen LogP contribution in [0, 0.1) is 0 Å². The number of rotatable bonds is 9. The van der Waals surface area contributed by atoms with Crippen molar-refractivity contribution in [2.75, 3.05) is 13.2 Å². The minimum Gasteiger partial charge on any atom is -0.493 e. The van der Waals surface area contributed by atoms with Crippen molar-refractivity contribution in [1.29, 1.82) is 0 Å². The van der Waals surface area contributed by atoms with E-state index in [2.05, 4.69) is 51.7 Å². The Kier molecular flexibility index (Phi) is 8.09. The average molecular weight is 334 g/mol. The highest BCUT2D eigenvalue weighted by atomic mass is 16.5. The second kappa shape index (κ2) is 9.55. The lowest BCUT2D eigenvalue weighted by Crippen LogP contribution is -2.23. The molecule has 0 aliphatic rings. The Labute approximate surface area is 147 Å². The second-order valence-corrected chi connectivity index (χ2v) is 7.34. The summed E-state index contributed by atoms with van der Waals surface area (Å²) in [5.41, 5.74) is 14.9. The maximum atomic E-state index is 6.18. The molecule has 0 bridgehead atoms. The molecule has 0 radical (unpaired) electrons. The molecule has 0 saturated heterocycles. The van der Waals surface area contributed by atoms with Crippen LogP contribution in [0.25, 0.3) is 0 Å². The van der Waals surface area contributed by atoms with Gasteiger partial charge in [0.15, 0.2) is 5.96 Å². The fourth-order valence-corrected chi connectivity index (χ4v) is 2.69. The summed E-state index contributed by atoms with van der Waals surface area (Å²) in [7, 11) is 0. The summed E-state index contributed by atoms with van der Waals surface area (Å²) >= 11 is 0. The Bertz CT molecular complexity index is 541. The highest BCUT2D eigenvalue weighted by molar-refractivity contribution is 5.75. The molecular weight excluding hydrogens is 298 g/mol. The van der Waals surface area contributed by atoms with Crippen LogP contribution in [-0.2, 0) is 18.3 Å². The Morgan fingerprint density at radius 2 is 1.75 bits per heavy atom. The number of benzene rings is 1. The maximum Gasteiger partial charge on any atom is 0.185 e. The van der Waals surface area contributed by atoms with Gasteiger partial charge in [-0.25, -0.2) is 0 Å². The number of aliphatic imine (C=N–C) groups is 1. The van der Waals surface area contributed by atoms with Gasteiger partial charge in [0.05, 0.1) is 6.61 Å². The lowest BCUT2D eigenvalue weighted by molar-refractivity contribution is 0.301. The largest absolute Gasteiger partial charge is 0.493 e. The molecule has 136 valence electrons. The van der Waals surface area contributed by atoms with Gasteiger partial charge < -0.3 is 16.2 Å². The molecule has 24 heavy (non-hydrogen) atoms. The molecule has 0 fully saturated rings. The van der Waals surface area contributed by atoms with Gasteiger partial charge in [0, 0.05) is 6.54 Å². The lowest BCUT2D eigenvalue weighted by Gasteiger charge is -2.24. The van der Waals surface area contributed by atoms with Crippen LogP contribution in [0.3, 0.4) is 0 Å². The molecule has 0 heterocycles. The van der Waals surface area contributed by atoms with Crippen LogP contribution in [0.4, 0.5) is 0 Å². The van der Waals surface area contributed by atoms with Crippen LogP contribution in [0.2, 0.25) is 0 Å². The van der Waals surface area contributed by atoms with Crippen molar-refractivity contribution in [3.05, 3.63) is 28.8 Å². The quantitative estimate of drug-likeness (QED) is 0.408. The zero-order valence-electron chi connectivity index (χ0n) is 16.1. The zero-order valence-corrected chi connectivity index (χ0v) is 16.1. The summed E-state index contributed by atoms with van der Waals surface area (Å²) in [5, 5.41) is 0. The third-order valence-electron chi connectivity index (χ3n) is 4.10. The normalized spacial score (nSPS) is 11.4. The molecular formula is C20H35N3O. The molecule has 0 unspecified atom stereocenters. The van der Waals surface area contributed by atoms with Crippen molar-refractivity contribution in [1.82, 2.24) is 0 Å². The Morgan fingerprint density at radius 3 is 2.29 bits per heavy atom. The fourth-order valence-electron chi connectivity index (χ4n) is 2.69. The third-order valence-corrected chi connectivity index (χ3v) is 4.10. The van der Waals surface area contributed by atoms with Crippen LogP contribution < -0.4 is 16.2 Å². The van der Waals surface area contributed by atoms with Gasteiger partial charge in [-0.05, 0) is 47.8 Å². The van der Waals surface area contributed by atoms with Crippen molar-refractivity contribution < 1.29 is 4.74 Å². The molecule has 1 rings (SSSR count). The molecule has 1 aromatic rings. The van der Waals surface area contributed by atoms with Gasteiger partial charge >= 0.3 is 0 Å². The summed E-state index contributed by atoms with van der Waals surface area (Å²) < 4.78 is 6.18. The predicted octanol–water partition coefficient (Wildman–Crippen LogP) is 3.93. The van der Waals surface area contributed by atoms with Crippen LogP contribution in [0.5, 0.6) is 5.75 Å². The predicted molar refractivity (Wildman–Crippen MR) is 104 cm³/mol. The van der Waals surface area contributed by atoms with E-state index in [1.165, 1.54) is 16.7 Å². The molecule has 4 N–H and O–H groups in total. The number of unbranched alkanes of at least 4 members (excludes halogenated alkanes) is 1. The van der Waals surface area contributed by atoms with E-state index >= 15 is 0 Å². The molecule has 0 aliphatic heterocycles. The maximum absolute atomic E-state index is 6.18. The van der Waals surface area contributed by atoms with E-state index in [1.54, 1.807) is 0 Å². The number of nitrogens with zero attached hydrogens (tertiary/aromatic N) is 1. The minimum absolute atomic E-state index is 0.158.